The minimum Gasteiger partial charge on any atom is -0.493 e. The number of ether oxygens (including phenoxy) is 2. The second-order valence-electron chi connectivity index (χ2n) is 5.65. The average molecular weight is 357 g/mol. The van der Waals surface area contributed by atoms with Gasteiger partial charge in [0.15, 0.2) is 11.5 Å². The third-order valence-electron chi connectivity index (χ3n) is 3.96. The smallest absolute Gasteiger partial charge is 0.279 e. The van der Waals surface area contributed by atoms with Crippen LogP contribution in [-0.2, 0) is 28.0 Å². The van der Waals surface area contributed by atoms with Crippen molar-refractivity contribution in [2.75, 3.05) is 41.4 Å². The summed E-state index contributed by atoms with van der Waals surface area (Å²) >= 11 is 0. The Kier molecular flexibility index (Phi) is 5.68. The molecule has 1 aromatic rings. The van der Waals surface area contributed by atoms with Crippen LogP contribution in [0.3, 0.4) is 0 Å². The summed E-state index contributed by atoms with van der Waals surface area (Å²) in [4.78, 5) is 13.9. The minimum atomic E-state index is -3.61. The monoisotopic (exact) mass is 357 g/mol. The van der Waals surface area contributed by atoms with E-state index in [1.165, 1.54) is 14.1 Å². The molecule has 0 aromatic heterocycles. The molecule has 0 radical (unpaired) electrons. The van der Waals surface area contributed by atoms with Crippen LogP contribution in [0.15, 0.2) is 12.1 Å². The van der Waals surface area contributed by atoms with Gasteiger partial charge in [0.05, 0.1) is 20.8 Å². The molecule has 1 aliphatic rings. The van der Waals surface area contributed by atoms with E-state index in [1.54, 1.807) is 19.1 Å². The zero-order valence-electron chi connectivity index (χ0n) is 14.3. The summed E-state index contributed by atoms with van der Waals surface area (Å²) < 4.78 is 37.3. The van der Waals surface area contributed by atoms with E-state index in [9.17, 15) is 13.2 Å². The lowest BCUT2D eigenvalue weighted by atomic mass is 9.98. The Balaban J connectivity index is 2.08. The summed E-state index contributed by atoms with van der Waals surface area (Å²) in [6.45, 7) is 0.687. The topological polar surface area (TPSA) is 88.2 Å². The first kappa shape index (κ1) is 18.5. The molecule has 0 saturated heterocycles. The van der Waals surface area contributed by atoms with Gasteiger partial charge in [-0.05, 0) is 29.7 Å². The number of amides is 1. The van der Waals surface area contributed by atoms with Gasteiger partial charge >= 0.3 is 0 Å². The number of carbonyl (C=O) groups excluding carboxylic acids is 1. The van der Waals surface area contributed by atoms with Crippen LogP contribution in [0, 0.1) is 0 Å². The average Bonchev–Trinajstić information content (AvgIpc) is 2.57. The highest BCUT2D eigenvalue weighted by Gasteiger charge is 2.24. The Labute approximate surface area is 142 Å². The van der Waals surface area contributed by atoms with Gasteiger partial charge in [-0.1, -0.05) is 0 Å². The Bertz CT molecular complexity index is 718. The van der Waals surface area contributed by atoms with E-state index in [-0.39, 0.29) is 12.5 Å². The highest BCUT2D eigenvalue weighted by molar-refractivity contribution is 7.87. The van der Waals surface area contributed by atoms with Crippen molar-refractivity contribution >= 4 is 16.1 Å². The van der Waals surface area contributed by atoms with Crippen molar-refractivity contribution in [3.8, 4) is 11.5 Å². The zero-order valence-corrected chi connectivity index (χ0v) is 15.1. The van der Waals surface area contributed by atoms with Crippen LogP contribution >= 0.6 is 0 Å². The van der Waals surface area contributed by atoms with Crippen molar-refractivity contribution in [3.05, 3.63) is 23.3 Å². The standard InChI is InChI=1S/C15H23N3O5S/c1-17(2)24(20,21)16-9-15(19)18-6-5-11-7-13(22-3)14(23-4)8-12(11)10-18/h7-8,16H,5-6,9-10H2,1-4H3. The first-order valence-corrected chi connectivity index (χ1v) is 8.91. The number of nitrogens with one attached hydrogen (secondary N) is 1. The summed E-state index contributed by atoms with van der Waals surface area (Å²) in [5.74, 6) is 1.01. The molecule has 0 atom stereocenters. The van der Waals surface area contributed by atoms with Crippen LogP contribution in [0.25, 0.3) is 0 Å². The van der Waals surface area contributed by atoms with Gasteiger partial charge in [-0.25, -0.2) is 0 Å². The lowest BCUT2D eigenvalue weighted by Gasteiger charge is -2.30. The number of hydrogen-bond acceptors (Lipinski definition) is 5. The van der Waals surface area contributed by atoms with Crippen LogP contribution in [-0.4, -0.2) is 64.9 Å². The molecule has 0 unspecified atom stereocenters. The molecule has 0 spiro atoms. The Morgan fingerprint density at radius 3 is 2.33 bits per heavy atom. The summed E-state index contributed by atoms with van der Waals surface area (Å²) in [6.07, 6.45) is 0.682. The molecule has 0 bridgehead atoms. The number of fused-ring (bicyclic) bond motifs is 1. The summed E-state index contributed by atoms with van der Waals surface area (Å²) in [5, 5.41) is 0. The molecule has 0 aliphatic carbocycles. The molecule has 0 fully saturated rings. The first-order chi connectivity index (χ1) is 11.3. The molecule has 1 heterocycles. The van der Waals surface area contributed by atoms with Gasteiger partial charge < -0.3 is 14.4 Å². The van der Waals surface area contributed by atoms with Gasteiger partial charge in [-0.2, -0.15) is 17.4 Å². The fourth-order valence-corrected chi connectivity index (χ4v) is 3.05. The van der Waals surface area contributed by atoms with Crippen LogP contribution in [0.5, 0.6) is 11.5 Å². The van der Waals surface area contributed by atoms with Crippen molar-refractivity contribution in [2.24, 2.45) is 0 Å². The van der Waals surface area contributed by atoms with Gasteiger partial charge in [0.1, 0.15) is 0 Å². The van der Waals surface area contributed by atoms with Gasteiger partial charge in [-0.15, -0.1) is 0 Å². The van der Waals surface area contributed by atoms with Crippen molar-refractivity contribution in [2.45, 2.75) is 13.0 Å². The predicted molar refractivity (Wildman–Crippen MR) is 89.3 cm³/mol. The van der Waals surface area contributed by atoms with E-state index in [4.69, 9.17) is 9.47 Å². The molecule has 9 heteroatoms. The number of nitrogens with zero attached hydrogens (tertiary/aromatic N) is 2. The molecule has 0 saturated carbocycles. The van der Waals surface area contributed by atoms with Crippen LogP contribution in [0.2, 0.25) is 0 Å². The fourth-order valence-electron chi connectivity index (χ4n) is 2.49. The Hall–Kier alpha value is -1.84. The summed E-state index contributed by atoms with van der Waals surface area (Å²) in [7, 11) is 2.34. The molecule has 1 N–H and O–H groups in total. The van der Waals surface area contributed by atoms with Gasteiger partial charge in [0, 0.05) is 27.2 Å². The normalized spacial score (nSPS) is 14.5. The van der Waals surface area contributed by atoms with E-state index in [0.717, 1.165) is 15.4 Å². The van der Waals surface area contributed by atoms with E-state index in [1.807, 2.05) is 12.1 Å². The molecular weight excluding hydrogens is 334 g/mol. The Morgan fingerprint density at radius 2 is 1.79 bits per heavy atom. The third-order valence-corrected chi connectivity index (χ3v) is 5.43. The van der Waals surface area contributed by atoms with Crippen molar-refractivity contribution in [1.82, 2.24) is 13.9 Å². The van der Waals surface area contributed by atoms with Gasteiger partial charge in [0.25, 0.3) is 10.2 Å². The maximum atomic E-state index is 12.3. The second-order valence-corrected chi connectivity index (χ2v) is 7.62. The summed E-state index contributed by atoms with van der Waals surface area (Å²) in [6, 6.07) is 3.78. The maximum Gasteiger partial charge on any atom is 0.279 e. The van der Waals surface area contributed by atoms with Crippen LogP contribution < -0.4 is 14.2 Å². The van der Waals surface area contributed by atoms with Gasteiger partial charge in [0.2, 0.25) is 5.91 Å². The fraction of sp³-hybridized carbons (Fsp3) is 0.533. The van der Waals surface area contributed by atoms with Gasteiger partial charge in [-0.3, -0.25) is 4.79 Å². The minimum absolute atomic E-state index is 0.261. The molecule has 1 amide bonds. The molecule has 1 aliphatic heterocycles. The predicted octanol–water partition coefficient (Wildman–Crippen LogP) is -0.0155. The lowest BCUT2D eigenvalue weighted by molar-refractivity contribution is -0.130. The van der Waals surface area contributed by atoms with E-state index in [0.29, 0.717) is 31.0 Å². The number of methoxy groups -OCH3 is 2. The lowest BCUT2D eigenvalue weighted by Crippen LogP contribution is -2.45. The largest absolute Gasteiger partial charge is 0.493 e. The Morgan fingerprint density at radius 1 is 1.21 bits per heavy atom. The van der Waals surface area contributed by atoms with Crippen LogP contribution in [0.4, 0.5) is 0 Å². The number of hydrogen-bond donors (Lipinski definition) is 1. The third kappa shape index (κ3) is 3.97. The first-order valence-electron chi connectivity index (χ1n) is 7.47. The van der Waals surface area contributed by atoms with E-state index < -0.39 is 10.2 Å². The van der Waals surface area contributed by atoms with Crippen LogP contribution in [0.1, 0.15) is 11.1 Å². The molecule has 8 nitrogen and oxygen atoms in total. The summed E-state index contributed by atoms with van der Waals surface area (Å²) in [5.41, 5.74) is 2.08. The zero-order chi connectivity index (χ0) is 17.9. The van der Waals surface area contributed by atoms with E-state index >= 15 is 0 Å². The molecule has 24 heavy (non-hydrogen) atoms. The van der Waals surface area contributed by atoms with Crippen molar-refractivity contribution in [3.63, 3.8) is 0 Å². The maximum absolute atomic E-state index is 12.3. The molecule has 134 valence electrons. The van der Waals surface area contributed by atoms with Crippen molar-refractivity contribution < 1.29 is 22.7 Å². The number of benzene rings is 1. The molecule has 1 aromatic carbocycles. The van der Waals surface area contributed by atoms with Crippen molar-refractivity contribution in [1.29, 1.82) is 0 Å². The quantitative estimate of drug-likeness (QED) is 0.773. The molecule has 2 rings (SSSR count). The number of carbonyl (C=O) groups is 1. The highest BCUT2D eigenvalue weighted by Crippen LogP contribution is 2.33. The second kappa shape index (κ2) is 7.37. The van der Waals surface area contributed by atoms with E-state index in [2.05, 4.69) is 4.72 Å². The number of rotatable bonds is 6. The molecular formula is C15H23N3O5S. The highest BCUT2D eigenvalue weighted by atomic mass is 32.2. The SMILES string of the molecule is COc1cc2c(cc1OC)CN(C(=O)CNS(=O)(=O)N(C)C)CC2.